The molecule has 1 atom stereocenters. The van der Waals surface area contributed by atoms with Gasteiger partial charge in [0, 0.05) is 12.5 Å². The van der Waals surface area contributed by atoms with E-state index in [9.17, 15) is 31.9 Å². The van der Waals surface area contributed by atoms with Crippen LogP contribution < -0.4 is 9.47 Å². The highest BCUT2D eigenvalue weighted by molar-refractivity contribution is 5.92. The quantitative estimate of drug-likeness (QED) is 0.0622. The summed E-state index contributed by atoms with van der Waals surface area (Å²) in [6.45, 7) is 5.65. The number of carbonyl (C=O) groups is 3. The maximum absolute atomic E-state index is 14.7. The zero-order valence-corrected chi connectivity index (χ0v) is 27.0. The van der Waals surface area contributed by atoms with E-state index in [2.05, 4.69) is 11.7 Å². The van der Waals surface area contributed by atoms with Crippen molar-refractivity contribution in [2.45, 2.75) is 97.3 Å². The van der Waals surface area contributed by atoms with Crippen LogP contribution in [0.3, 0.4) is 0 Å². The summed E-state index contributed by atoms with van der Waals surface area (Å²) in [6, 6.07) is 16.1. The molecule has 6 nitrogen and oxygen atoms in total. The molecule has 0 bridgehead atoms. The molecule has 0 aliphatic carbocycles. The number of alkyl halides is 3. The Morgan fingerprint density at radius 1 is 0.702 bits per heavy atom. The van der Waals surface area contributed by atoms with E-state index in [-0.39, 0.29) is 29.6 Å². The fourth-order valence-corrected chi connectivity index (χ4v) is 4.78. The number of halogens is 4. The van der Waals surface area contributed by atoms with Crippen molar-refractivity contribution in [2.75, 3.05) is 0 Å². The summed E-state index contributed by atoms with van der Waals surface area (Å²) < 4.78 is 69.9. The average molecular weight is 659 g/mol. The molecule has 0 radical (unpaired) electrons. The van der Waals surface area contributed by atoms with E-state index in [1.807, 2.05) is 0 Å². The van der Waals surface area contributed by atoms with Gasteiger partial charge in [-0.15, -0.1) is 0 Å². The van der Waals surface area contributed by atoms with Crippen molar-refractivity contribution in [1.29, 1.82) is 0 Å². The fraction of sp³-hybridized carbons (Fsp3) is 0.432. The number of hydrogen-bond acceptors (Lipinski definition) is 6. The highest BCUT2D eigenvalue weighted by atomic mass is 19.4. The maximum Gasteiger partial charge on any atom is 0.425 e. The van der Waals surface area contributed by atoms with Gasteiger partial charge in [0.15, 0.2) is 6.10 Å². The topological polar surface area (TPSA) is 78.9 Å². The lowest BCUT2D eigenvalue weighted by molar-refractivity contribution is -0.206. The van der Waals surface area contributed by atoms with Crippen LogP contribution in [-0.2, 0) is 9.53 Å². The first-order valence-corrected chi connectivity index (χ1v) is 16.1. The molecule has 0 heterocycles. The zero-order chi connectivity index (χ0) is 34.4. The molecular formula is C37H42F4O6. The second kappa shape index (κ2) is 18.2. The van der Waals surface area contributed by atoms with E-state index < -0.39 is 42.0 Å². The molecule has 0 aliphatic heterocycles. The monoisotopic (exact) mass is 658 g/mol. The van der Waals surface area contributed by atoms with Gasteiger partial charge in [-0.3, -0.25) is 4.79 Å². The van der Waals surface area contributed by atoms with E-state index in [1.165, 1.54) is 37.8 Å². The summed E-state index contributed by atoms with van der Waals surface area (Å²) in [4.78, 5) is 37.2. The van der Waals surface area contributed by atoms with Crippen LogP contribution in [0.15, 0.2) is 66.7 Å². The van der Waals surface area contributed by atoms with Gasteiger partial charge in [0.25, 0.3) is 0 Å². The van der Waals surface area contributed by atoms with Crippen LogP contribution in [0.2, 0.25) is 0 Å². The van der Waals surface area contributed by atoms with Crippen LogP contribution in [0.25, 0.3) is 11.1 Å². The molecule has 0 spiro atoms. The average Bonchev–Trinajstić information content (AvgIpc) is 3.02. The predicted octanol–water partition coefficient (Wildman–Crippen LogP) is 10.3. The third-order valence-corrected chi connectivity index (χ3v) is 7.52. The Bertz CT molecular complexity index is 1450. The fourth-order valence-electron chi connectivity index (χ4n) is 4.78. The summed E-state index contributed by atoms with van der Waals surface area (Å²) in [5.74, 6) is -3.56. The van der Waals surface area contributed by atoms with Crippen molar-refractivity contribution in [3.8, 4) is 22.6 Å². The summed E-state index contributed by atoms with van der Waals surface area (Å²) >= 11 is 0. The van der Waals surface area contributed by atoms with Crippen LogP contribution in [0, 0.1) is 11.7 Å². The van der Waals surface area contributed by atoms with E-state index in [4.69, 9.17) is 9.47 Å². The first kappa shape index (κ1) is 37.2. The van der Waals surface area contributed by atoms with Gasteiger partial charge >= 0.3 is 24.1 Å². The van der Waals surface area contributed by atoms with Gasteiger partial charge in [0.05, 0.1) is 11.1 Å². The number of unbranched alkanes of at least 4 members (excludes halogenated alkanes) is 6. The van der Waals surface area contributed by atoms with Gasteiger partial charge in [0.1, 0.15) is 17.3 Å². The molecule has 0 saturated heterocycles. The molecule has 0 fully saturated rings. The minimum Gasteiger partial charge on any atom is -0.449 e. The van der Waals surface area contributed by atoms with Crippen molar-refractivity contribution in [3.05, 3.63) is 83.7 Å². The highest BCUT2D eigenvalue weighted by Crippen LogP contribution is 2.30. The zero-order valence-electron chi connectivity index (χ0n) is 27.0. The van der Waals surface area contributed by atoms with Crippen LogP contribution in [-0.4, -0.2) is 30.2 Å². The lowest BCUT2D eigenvalue weighted by Crippen LogP contribution is -2.34. The van der Waals surface area contributed by atoms with Crippen LogP contribution in [0.1, 0.15) is 106 Å². The molecule has 0 aliphatic rings. The summed E-state index contributed by atoms with van der Waals surface area (Å²) in [6.07, 6.45) is 0.749. The van der Waals surface area contributed by atoms with Crippen molar-refractivity contribution in [3.63, 3.8) is 0 Å². The van der Waals surface area contributed by atoms with Crippen molar-refractivity contribution in [1.82, 2.24) is 0 Å². The van der Waals surface area contributed by atoms with E-state index in [0.717, 1.165) is 48.6 Å². The number of ether oxygens (including phenoxy) is 3. The molecule has 1 unspecified atom stereocenters. The molecule has 0 N–H and O–H groups in total. The Hall–Kier alpha value is -4.21. The Kier molecular flexibility index (Phi) is 14.4. The second-order valence-corrected chi connectivity index (χ2v) is 11.9. The normalized spacial score (nSPS) is 12.1. The molecule has 47 heavy (non-hydrogen) atoms. The Labute approximate surface area is 273 Å². The van der Waals surface area contributed by atoms with Crippen molar-refractivity contribution in [2.24, 2.45) is 5.92 Å². The number of hydrogen-bond donors (Lipinski definition) is 0. The first-order valence-electron chi connectivity index (χ1n) is 16.1. The molecular weight excluding hydrogens is 616 g/mol. The lowest BCUT2D eigenvalue weighted by Gasteiger charge is -2.21. The minimum absolute atomic E-state index is 0.0470. The molecule has 3 rings (SSSR count). The van der Waals surface area contributed by atoms with E-state index in [0.29, 0.717) is 12.2 Å². The molecule has 0 saturated carbocycles. The molecule has 3 aromatic rings. The molecule has 3 aromatic carbocycles. The maximum atomic E-state index is 14.7. The van der Waals surface area contributed by atoms with E-state index >= 15 is 0 Å². The smallest absolute Gasteiger partial charge is 0.425 e. The predicted molar refractivity (Wildman–Crippen MR) is 171 cm³/mol. The third kappa shape index (κ3) is 12.5. The van der Waals surface area contributed by atoms with Crippen molar-refractivity contribution < 1.29 is 46.2 Å². The highest BCUT2D eigenvalue weighted by Gasteiger charge is 2.42. The molecule has 0 amide bonds. The number of carbonyl (C=O) groups excluding carboxylic acids is 3. The summed E-state index contributed by atoms with van der Waals surface area (Å²) in [7, 11) is 0. The summed E-state index contributed by atoms with van der Waals surface area (Å²) in [5, 5.41) is 0. The molecule has 10 heteroatoms. The van der Waals surface area contributed by atoms with Gasteiger partial charge in [-0.1, -0.05) is 83.6 Å². The Balaban J connectivity index is 1.52. The van der Waals surface area contributed by atoms with E-state index in [1.54, 1.807) is 50.2 Å². The minimum atomic E-state index is -4.79. The molecule has 254 valence electrons. The SMILES string of the molecule is CCCCCCCCCC(=O)Oc1ccc(-c2ccc(C(=O)Oc3ccc(C(=O)OC(CCC(C)C)C(F)(F)F)c(F)c3)cc2)cc1. The number of benzene rings is 3. The molecule has 0 aromatic heterocycles. The third-order valence-electron chi connectivity index (χ3n) is 7.52. The number of rotatable bonds is 17. The second-order valence-electron chi connectivity index (χ2n) is 11.9. The number of esters is 3. The van der Waals surface area contributed by atoms with Gasteiger partial charge < -0.3 is 14.2 Å². The van der Waals surface area contributed by atoms with Gasteiger partial charge in [-0.25, -0.2) is 14.0 Å². The Morgan fingerprint density at radius 2 is 1.28 bits per heavy atom. The Morgan fingerprint density at radius 3 is 1.85 bits per heavy atom. The van der Waals surface area contributed by atoms with Gasteiger partial charge in [0.2, 0.25) is 0 Å². The first-order chi connectivity index (χ1) is 22.4. The van der Waals surface area contributed by atoms with Crippen LogP contribution >= 0.6 is 0 Å². The van der Waals surface area contributed by atoms with Crippen LogP contribution in [0.5, 0.6) is 11.5 Å². The largest absolute Gasteiger partial charge is 0.449 e. The van der Waals surface area contributed by atoms with Crippen molar-refractivity contribution >= 4 is 17.9 Å². The van der Waals surface area contributed by atoms with Gasteiger partial charge in [-0.2, -0.15) is 13.2 Å². The van der Waals surface area contributed by atoms with Crippen LogP contribution in [0.4, 0.5) is 17.6 Å². The lowest BCUT2D eigenvalue weighted by atomic mass is 10.0. The standard InChI is InChI=1S/C37H42F4O6/c1-4-5-6-7-8-9-10-11-34(42)45-29-19-17-27(18-20-29)26-13-15-28(16-14-26)35(43)46-30-21-22-31(32(38)24-30)36(44)47-33(37(39,40)41)23-12-25(2)3/h13-22,24-25,33H,4-12,23H2,1-3H3. The van der Waals surface area contributed by atoms with Gasteiger partial charge in [-0.05, 0) is 72.7 Å². The summed E-state index contributed by atoms with van der Waals surface area (Å²) in [5.41, 5.74) is 1.05.